The molecule has 16 heavy (non-hydrogen) atoms. The molecule has 0 saturated heterocycles. The van der Waals surface area contributed by atoms with Crippen LogP contribution in [-0.4, -0.2) is 25.5 Å². The number of nitrogens with zero attached hydrogens (tertiary/aromatic N) is 1. The summed E-state index contributed by atoms with van der Waals surface area (Å²) in [5, 5.41) is 3.19. The number of nitrogens with one attached hydrogen (secondary N) is 1. The molecular weight excluding hydrogens is 200 g/mol. The average molecular weight is 220 g/mol. The summed E-state index contributed by atoms with van der Waals surface area (Å²) in [6.45, 7) is 4.57. The molecule has 0 bridgehead atoms. The van der Waals surface area contributed by atoms with Crippen LogP contribution in [0.15, 0.2) is 30.3 Å². The largest absolute Gasteiger partial charge is 0.314 e. The van der Waals surface area contributed by atoms with Crippen molar-refractivity contribution in [1.29, 1.82) is 0 Å². The smallest absolute Gasteiger partial charge is 0.240 e. The van der Waals surface area contributed by atoms with E-state index < -0.39 is 0 Å². The molecule has 1 N–H and O–H groups in total. The second-order valence-corrected chi connectivity index (χ2v) is 3.98. The van der Waals surface area contributed by atoms with Crippen molar-refractivity contribution >= 4 is 11.6 Å². The Morgan fingerprint density at radius 3 is 2.56 bits per heavy atom. The van der Waals surface area contributed by atoms with Crippen LogP contribution in [0.5, 0.6) is 0 Å². The first-order chi connectivity index (χ1) is 7.65. The maximum absolute atomic E-state index is 11.8. The number of amides is 1. The summed E-state index contributed by atoms with van der Waals surface area (Å²) in [7, 11) is 1.80. The number of rotatable bonds is 5. The third kappa shape index (κ3) is 3.66. The van der Waals surface area contributed by atoms with Gasteiger partial charge < -0.3 is 10.2 Å². The molecule has 0 aromatic heterocycles. The molecule has 3 heteroatoms. The molecule has 0 saturated carbocycles. The van der Waals surface area contributed by atoms with E-state index in [2.05, 4.69) is 19.2 Å². The summed E-state index contributed by atoms with van der Waals surface area (Å²) in [6, 6.07) is 10.1. The third-order valence-corrected chi connectivity index (χ3v) is 2.73. The van der Waals surface area contributed by atoms with Crippen molar-refractivity contribution in [3.8, 4) is 0 Å². The lowest BCUT2D eigenvalue weighted by Gasteiger charge is -2.19. The number of anilines is 1. The molecule has 1 unspecified atom stereocenters. The Kier molecular flexibility index (Phi) is 4.99. The number of hydrogen-bond donors (Lipinski definition) is 1. The van der Waals surface area contributed by atoms with E-state index in [0.29, 0.717) is 12.6 Å². The van der Waals surface area contributed by atoms with Gasteiger partial charge in [0.05, 0.1) is 6.54 Å². The van der Waals surface area contributed by atoms with Crippen LogP contribution in [0.2, 0.25) is 0 Å². The lowest BCUT2D eigenvalue weighted by molar-refractivity contribution is -0.117. The predicted molar refractivity (Wildman–Crippen MR) is 67.6 cm³/mol. The fraction of sp³-hybridized carbons (Fsp3) is 0.462. The predicted octanol–water partition coefficient (Wildman–Crippen LogP) is 2.04. The molecular formula is C13H20N2O. The zero-order chi connectivity index (χ0) is 12.0. The molecule has 0 radical (unpaired) electrons. The van der Waals surface area contributed by atoms with Gasteiger partial charge in [0.15, 0.2) is 0 Å². The summed E-state index contributed by atoms with van der Waals surface area (Å²) in [5.74, 6) is 0.0894. The number of carbonyl (C=O) groups is 1. The van der Waals surface area contributed by atoms with Crippen molar-refractivity contribution in [2.75, 3.05) is 18.5 Å². The van der Waals surface area contributed by atoms with E-state index in [9.17, 15) is 4.79 Å². The molecule has 88 valence electrons. The zero-order valence-electron chi connectivity index (χ0n) is 10.2. The lowest BCUT2D eigenvalue weighted by atomic mass is 10.2. The quantitative estimate of drug-likeness (QED) is 0.823. The number of para-hydroxylation sites is 1. The number of likely N-dealkylation sites (N-methyl/N-ethyl adjacent to an activating group) is 1. The molecule has 3 nitrogen and oxygen atoms in total. The highest BCUT2D eigenvalue weighted by molar-refractivity contribution is 5.94. The molecule has 1 rings (SSSR count). The van der Waals surface area contributed by atoms with E-state index in [1.165, 1.54) is 0 Å². The minimum absolute atomic E-state index is 0.0894. The van der Waals surface area contributed by atoms with Gasteiger partial charge in [0.1, 0.15) is 0 Å². The standard InChI is InChI=1S/C13H20N2O/c1-4-11(2)14-10-13(16)15(3)12-8-6-5-7-9-12/h5-9,11,14H,4,10H2,1-3H3. The van der Waals surface area contributed by atoms with Crippen LogP contribution in [0.4, 0.5) is 5.69 Å². The Hall–Kier alpha value is -1.35. The van der Waals surface area contributed by atoms with Crippen molar-refractivity contribution in [2.24, 2.45) is 0 Å². The second-order valence-electron chi connectivity index (χ2n) is 3.98. The highest BCUT2D eigenvalue weighted by Gasteiger charge is 2.10. The van der Waals surface area contributed by atoms with Gasteiger partial charge in [0, 0.05) is 18.8 Å². The Balaban J connectivity index is 2.49. The molecule has 1 aromatic rings. The van der Waals surface area contributed by atoms with Crippen LogP contribution in [0.3, 0.4) is 0 Å². The topological polar surface area (TPSA) is 32.3 Å². The summed E-state index contributed by atoms with van der Waals surface area (Å²) < 4.78 is 0. The summed E-state index contributed by atoms with van der Waals surface area (Å²) in [6.07, 6.45) is 1.03. The first-order valence-corrected chi connectivity index (χ1v) is 5.70. The van der Waals surface area contributed by atoms with Gasteiger partial charge in [-0.15, -0.1) is 0 Å². The number of hydrogen-bond acceptors (Lipinski definition) is 2. The Morgan fingerprint density at radius 1 is 1.38 bits per heavy atom. The van der Waals surface area contributed by atoms with Gasteiger partial charge >= 0.3 is 0 Å². The third-order valence-electron chi connectivity index (χ3n) is 2.73. The molecule has 0 heterocycles. The Bertz CT molecular complexity index is 324. The Morgan fingerprint density at radius 2 is 2.00 bits per heavy atom. The highest BCUT2D eigenvalue weighted by atomic mass is 16.2. The molecule has 0 spiro atoms. The SMILES string of the molecule is CCC(C)NCC(=O)N(C)c1ccccc1. The van der Waals surface area contributed by atoms with Crippen LogP contribution in [0.1, 0.15) is 20.3 Å². The van der Waals surface area contributed by atoms with Crippen LogP contribution >= 0.6 is 0 Å². The minimum Gasteiger partial charge on any atom is -0.314 e. The van der Waals surface area contributed by atoms with Gasteiger partial charge in [-0.2, -0.15) is 0 Å². The number of benzene rings is 1. The van der Waals surface area contributed by atoms with Crippen LogP contribution in [0.25, 0.3) is 0 Å². The molecule has 0 fully saturated rings. The fourth-order valence-electron chi connectivity index (χ4n) is 1.32. The molecule has 0 aliphatic rings. The van der Waals surface area contributed by atoms with Gasteiger partial charge in [-0.3, -0.25) is 4.79 Å². The summed E-state index contributed by atoms with van der Waals surface area (Å²) >= 11 is 0. The normalized spacial score (nSPS) is 12.2. The van der Waals surface area contributed by atoms with Gasteiger partial charge in [0.25, 0.3) is 0 Å². The second kappa shape index (κ2) is 6.28. The maximum atomic E-state index is 11.8. The average Bonchev–Trinajstić information content (AvgIpc) is 2.35. The van der Waals surface area contributed by atoms with E-state index in [1.807, 2.05) is 30.3 Å². The fourth-order valence-corrected chi connectivity index (χ4v) is 1.32. The minimum atomic E-state index is 0.0894. The van der Waals surface area contributed by atoms with Gasteiger partial charge in [-0.25, -0.2) is 0 Å². The van der Waals surface area contributed by atoms with Gasteiger partial charge in [0.2, 0.25) is 5.91 Å². The van der Waals surface area contributed by atoms with E-state index in [0.717, 1.165) is 12.1 Å². The summed E-state index contributed by atoms with van der Waals surface area (Å²) in [4.78, 5) is 13.5. The Labute approximate surface area is 97.5 Å². The van der Waals surface area contributed by atoms with Crippen molar-refractivity contribution < 1.29 is 4.79 Å². The van der Waals surface area contributed by atoms with Crippen molar-refractivity contribution in [3.63, 3.8) is 0 Å². The molecule has 1 atom stereocenters. The summed E-state index contributed by atoms with van der Waals surface area (Å²) in [5.41, 5.74) is 0.929. The van der Waals surface area contributed by atoms with E-state index in [-0.39, 0.29) is 5.91 Å². The van der Waals surface area contributed by atoms with E-state index >= 15 is 0 Å². The van der Waals surface area contributed by atoms with Gasteiger partial charge in [-0.1, -0.05) is 25.1 Å². The molecule has 1 amide bonds. The van der Waals surface area contributed by atoms with Crippen LogP contribution in [-0.2, 0) is 4.79 Å². The highest BCUT2D eigenvalue weighted by Crippen LogP contribution is 2.10. The first kappa shape index (κ1) is 12.7. The van der Waals surface area contributed by atoms with Crippen LogP contribution in [0, 0.1) is 0 Å². The monoisotopic (exact) mass is 220 g/mol. The number of carbonyl (C=O) groups excluding carboxylic acids is 1. The zero-order valence-corrected chi connectivity index (χ0v) is 10.2. The van der Waals surface area contributed by atoms with E-state index in [4.69, 9.17) is 0 Å². The van der Waals surface area contributed by atoms with E-state index in [1.54, 1.807) is 11.9 Å². The maximum Gasteiger partial charge on any atom is 0.240 e. The molecule has 0 aliphatic heterocycles. The first-order valence-electron chi connectivity index (χ1n) is 5.70. The van der Waals surface area contributed by atoms with Gasteiger partial charge in [-0.05, 0) is 25.5 Å². The van der Waals surface area contributed by atoms with Crippen molar-refractivity contribution in [3.05, 3.63) is 30.3 Å². The van der Waals surface area contributed by atoms with Crippen molar-refractivity contribution in [2.45, 2.75) is 26.3 Å². The van der Waals surface area contributed by atoms with Crippen molar-refractivity contribution in [1.82, 2.24) is 5.32 Å². The molecule has 1 aromatic carbocycles. The van der Waals surface area contributed by atoms with Crippen LogP contribution < -0.4 is 10.2 Å². The lowest BCUT2D eigenvalue weighted by Crippen LogP contribution is -2.38. The molecule has 0 aliphatic carbocycles.